The Morgan fingerprint density at radius 1 is 1.03 bits per heavy atom. The molecule has 1 aromatic heterocycles. The minimum absolute atomic E-state index is 0.134. The van der Waals surface area contributed by atoms with Crippen molar-refractivity contribution in [3.05, 3.63) is 70.9 Å². The molecule has 0 radical (unpaired) electrons. The van der Waals surface area contributed by atoms with Gasteiger partial charge in [0.2, 0.25) is 11.8 Å². The fraction of sp³-hybridized carbons (Fsp3) is 0.414. The number of nitrogens with one attached hydrogen (secondary N) is 1. The molecular formula is C29H33F2N5O2. The molecule has 0 saturated carbocycles. The Bertz CT molecular complexity index is 1310. The number of urea groups is 1. The fourth-order valence-corrected chi connectivity index (χ4v) is 4.79. The number of halogens is 2. The molecule has 1 fully saturated rings. The molecule has 2 aliphatic heterocycles. The number of piperidine rings is 1. The number of rotatable bonds is 5. The van der Waals surface area contributed by atoms with Gasteiger partial charge in [0.05, 0.1) is 17.8 Å². The zero-order valence-electron chi connectivity index (χ0n) is 22.0. The Morgan fingerprint density at radius 3 is 2.45 bits per heavy atom. The maximum Gasteiger partial charge on any atom is 0.322 e. The summed E-state index contributed by atoms with van der Waals surface area (Å²) in [5.41, 5.74) is 3.39. The van der Waals surface area contributed by atoms with Crippen LogP contribution < -0.4 is 15.0 Å². The van der Waals surface area contributed by atoms with Crippen molar-refractivity contribution in [2.75, 3.05) is 29.9 Å². The van der Waals surface area contributed by atoms with Crippen molar-refractivity contribution < 1.29 is 18.3 Å². The summed E-state index contributed by atoms with van der Waals surface area (Å²) in [6.07, 6.45) is 2.63. The third-order valence-corrected chi connectivity index (χ3v) is 7.30. The molecule has 0 unspecified atom stereocenters. The summed E-state index contributed by atoms with van der Waals surface area (Å²) < 4.78 is 33.4. The number of anilines is 2. The Kier molecular flexibility index (Phi) is 7.44. The highest BCUT2D eigenvalue weighted by molar-refractivity contribution is 5.89. The number of nitrogens with zero attached hydrogens (tertiary/aromatic N) is 4. The number of carbonyl (C=O) groups is 1. The van der Waals surface area contributed by atoms with Gasteiger partial charge < -0.3 is 19.9 Å². The van der Waals surface area contributed by atoms with Crippen LogP contribution in [0.25, 0.3) is 0 Å². The first kappa shape index (κ1) is 25.9. The van der Waals surface area contributed by atoms with Gasteiger partial charge in [-0.1, -0.05) is 32.9 Å². The molecule has 0 bridgehead atoms. The quantitative estimate of drug-likeness (QED) is 0.415. The monoisotopic (exact) mass is 521 g/mol. The normalized spacial score (nSPS) is 15.9. The zero-order valence-corrected chi connectivity index (χ0v) is 22.0. The van der Waals surface area contributed by atoms with Crippen molar-refractivity contribution in [3.8, 4) is 11.6 Å². The maximum atomic E-state index is 13.9. The van der Waals surface area contributed by atoms with Gasteiger partial charge >= 0.3 is 6.03 Å². The fourth-order valence-electron chi connectivity index (χ4n) is 4.79. The predicted octanol–water partition coefficient (Wildman–Crippen LogP) is 6.50. The molecule has 2 aliphatic rings. The van der Waals surface area contributed by atoms with E-state index >= 15 is 0 Å². The number of fused-ring (bicyclic) bond motifs is 1. The first-order valence-electron chi connectivity index (χ1n) is 13.2. The van der Waals surface area contributed by atoms with E-state index in [0.717, 1.165) is 49.4 Å². The number of amides is 2. The zero-order chi connectivity index (χ0) is 26.8. The summed E-state index contributed by atoms with van der Waals surface area (Å²) in [6.45, 7) is 8.89. The van der Waals surface area contributed by atoms with E-state index in [9.17, 15) is 13.6 Å². The molecule has 0 aliphatic carbocycles. The molecule has 0 atom stereocenters. The number of carbonyl (C=O) groups excluding carboxylic acids is 1. The van der Waals surface area contributed by atoms with Crippen LogP contribution in [0, 0.1) is 17.6 Å². The Morgan fingerprint density at radius 2 is 1.76 bits per heavy atom. The van der Waals surface area contributed by atoms with Crippen LogP contribution in [0.5, 0.6) is 11.6 Å². The number of benzene rings is 2. The van der Waals surface area contributed by atoms with Crippen LogP contribution in [0.3, 0.4) is 0 Å². The first-order chi connectivity index (χ1) is 18.3. The van der Waals surface area contributed by atoms with E-state index in [-0.39, 0.29) is 24.2 Å². The van der Waals surface area contributed by atoms with Gasteiger partial charge in [0.25, 0.3) is 0 Å². The van der Waals surface area contributed by atoms with Crippen LogP contribution in [-0.2, 0) is 13.0 Å². The highest BCUT2D eigenvalue weighted by Gasteiger charge is 2.29. The molecule has 38 heavy (non-hydrogen) atoms. The van der Waals surface area contributed by atoms with Crippen molar-refractivity contribution >= 4 is 17.7 Å². The van der Waals surface area contributed by atoms with Crippen LogP contribution in [0.15, 0.2) is 42.5 Å². The average Bonchev–Trinajstić information content (AvgIpc) is 2.91. The number of hydrogen-bond acceptors (Lipinski definition) is 5. The standard InChI is InChI=1S/C29H33F2N5O2/c1-18(2)20-4-6-21(7-5-20)32-29(37)36-15-12-26-23(17-36)27(38-22-8-9-24(30)25(31)16-22)34-28(33-26)35-13-10-19(3)11-14-35/h4-9,16,18-19H,10-15,17H2,1-3H3,(H,32,37). The summed E-state index contributed by atoms with van der Waals surface area (Å²) >= 11 is 0. The van der Waals surface area contributed by atoms with Crippen LogP contribution in [-0.4, -0.2) is 40.5 Å². The Balaban J connectivity index is 1.40. The van der Waals surface area contributed by atoms with Crippen molar-refractivity contribution in [1.82, 2.24) is 14.9 Å². The van der Waals surface area contributed by atoms with Gasteiger partial charge in [-0.3, -0.25) is 0 Å². The van der Waals surface area contributed by atoms with Gasteiger partial charge in [-0.2, -0.15) is 4.98 Å². The lowest BCUT2D eigenvalue weighted by molar-refractivity contribution is 0.205. The molecule has 1 N–H and O–H groups in total. The van der Waals surface area contributed by atoms with Gasteiger partial charge in [0.15, 0.2) is 11.6 Å². The van der Waals surface area contributed by atoms with Gasteiger partial charge in [-0.05, 0) is 54.5 Å². The molecule has 1 saturated heterocycles. The second kappa shape index (κ2) is 10.9. The molecule has 3 heterocycles. The molecule has 2 aromatic carbocycles. The third kappa shape index (κ3) is 5.71. The van der Waals surface area contributed by atoms with Crippen LogP contribution in [0.2, 0.25) is 0 Å². The molecule has 3 aromatic rings. The van der Waals surface area contributed by atoms with E-state index in [4.69, 9.17) is 14.7 Å². The second-order valence-corrected chi connectivity index (χ2v) is 10.5. The molecule has 200 valence electrons. The smallest absolute Gasteiger partial charge is 0.322 e. The average molecular weight is 522 g/mol. The lowest BCUT2D eigenvalue weighted by Crippen LogP contribution is -2.40. The van der Waals surface area contributed by atoms with Crippen molar-refractivity contribution in [3.63, 3.8) is 0 Å². The Hall–Kier alpha value is -3.75. The summed E-state index contributed by atoms with van der Waals surface area (Å²) in [7, 11) is 0. The summed E-state index contributed by atoms with van der Waals surface area (Å²) in [5.74, 6) is 0.0641. The minimum atomic E-state index is -1.000. The summed E-state index contributed by atoms with van der Waals surface area (Å²) in [5, 5.41) is 2.96. The molecule has 7 nitrogen and oxygen atoms in total. The third-order valence-electron chi connectivity index (χ3n) is 7.30. The van der Waals surface area contributed by atoms with Crippen LogP contribution >= 0.6 is 0 Å². The largest absolute Gasteiger partial charge is 0.438 e. The molecule has 5 rings (SSSR count). The lowest BCUT2D eigenvalue weighted by Gasteiger charge is -2.33. The molecular weight excluding hydrogens is 488 g/mol. The van der Waals surface area contributed by atoms with E-state index in [2.05, 4.69) is 31.0 Å². The summed E-state index contributed by atoms with van der Waals surface area (Å²) in [6, 6.07) is 11.0. The van der Waals surface area contributed by atoms with Gasteiger partial charge in [-0.25, -0.2) is 18.6 Å². The number of hydrogen-bond donors (Lipinski definition) is 1. The summed E-state index contributed by atoms with van der Waals surface area (Å²) in [4.78, 5) is 26.5. The SMILES string of the molecule is CC1CCN(c2nc3c(c(Oc4ccc(F)c(F)c4)n2)CN(C(=O)Nc2ccc(C(C)C)cc2)CC3)CC1. The van der Waals surface area contributed by atoms with E-state index in [1.54, 1.807) is 4.90 Å². The first-order valence-corrected chi connectivity index (χ1v) is 13.2. The van der Waals surface area contributed by atoms with Crippen molar-refractivity contribution in [2.24, 2.45) is 5.92 Å². The lowest BCUT2D eigenvalue weighted by atomic mass is 9.99. The maximum absolute atomic E-state index is 13.9. The number of ether oxygens (including phenoxy) is 1. The van der Waals surface area contributed by atoms with Crippen LogP contribution in [0.1, 0.15) is 56.4 Å². The van der Waals surface area contributed by atoms with Gasteiger partial charge in [0, 0.05) is 37.8 Å². The predicted molar refractivity (Wildman–Crippen MR) is 143 cm³/mol. The highest BCUT2D eigenvalue weighted by atomic mass is 19.2. The van der Waals surface area contributed by atoms with E-state index in [1.165, 1.54) is 11.6 Å². The van der Waals surface area contributed by atoms with E-state index in [1.807, 2.05) is 24.3 Å². The van der Waals surface area contributed by atoms with E-state index < -0.39 is 11.6 Å². The molecule has 9 heteroatoms. The van der Waals surface area contributed by atoms with Crippen molar-refractivity contribution in [1.29, 1.82) is 0 Å². The molecule has 0 spiro atoms. The minimum Gasteiger partial charge on any atom is -0.438 e. The van der Waals surface area contributed by atoms with Crippen molar-refractivity contribution in [2.45, 2.75) is 52.5 Å². The van der Waals surface area contributed by atoms with Gasteiger partial charge in [-0.15, -0.1) is 0 Å². The number of aromatic nitrogens is 2. The Labute approximate surface area is 221 Å². The highest BCUT2D eigenvalue weighted by Crippen LogP contribution is 2.33. The van der Waals surface area contributed by atoms with E-state index in [0.29, 0.717) is 36.3 Å². The van der Waals surface area contributed by atoms with Gasteiger partial charge in [0.1, 0.15) is 5.75 Å². The second-order valence-electron chi connectivity index (χ2n) is 10.5. The van der Waals surface area contributed by atoms with Crippen LogP contribution in [0.4, 0.5) is 25.2 Å². The topological polar surface area (TPSA) is 70.6 Å². The molecule has 2 amide bonds.